The van der Waals surface area contributed by atoms with Crippen LogP contribution in [0.1, 0.15) is 70.1 Å². The van der Waals surface area contributed by atoms with Gasteiger partial charge in [-0.25, -0.2) is 4.68 Å². The molecule has 4 aliphatic rings. The molecule has 0 amide bonds. The third-order valence-electron chi connectivity index (χ3n) is 9.86. The zero-order valence-electron chi connectivity index (χ0n) is 19.7. The number of aliphatic hydroxyl groups excluding tert-OH is 1. The number of allylic oxidation sites excluding steroid dienone is 3. The van der Waals surface area contributed by atoms with Crippen molar-refractivity contribution in [2.75, 3.05) is 0 Å². The lowest BCUT2D eigenvalue weighted by molar-refractivity contribution is -0.0239. The number of fused-ring (bicyclic) bond motifs is 5. The zero-order chi connectivity index (χ0) is 22.1. The van der Waals surface area contributed by atoms with E-state index in [-0.39, 0.29) is 11.5 Å². The van der Waals surface area contributed by atoms with Gasteiger partial charge in [0.25, 0.3) is 0 Å². The fraction of sp³-hybridized carbons (Fsp3) is 0.552. The van der Waals surface area contributed by atoms with E-state index in [1.54, 1.807) is 5.57 Å². The van der Waals surface area contributed by atoms with E-state index in [0.717, 1.165) is 36.8 Å². The Kier molecular flexibility index (Phi) is 4.60. The minimum Gasteiger partial charge on any atom is -0.393 e. The van der Waals surface area contributed by atoms with E-state index in [1.165, 1.54) is 42.5 Å². The summed E-state index contributed by atoms with van der Waals surface area (Å²) in [6, 6.07) is 10.9. The maximum atomic E-state index is 10.3. The average molecular weight is 429 g/mol. The highest BCUT2D eigenvalue weighted by molar-refractivity contribution is 5.72. The minimum absolute atomic E-state index is 0.124. The van der Waals surface area contributed by atoms with Crippen LogP contribution in [0.5, 0.6) is 0 Å². The topological polar surface area (TPSA) is 38.0 Å². The van der Waals surface area contributed by atoms with Crippen molar-refractivity contribution in [2.45, 2.75) is 71.8 Å². The van der Waals surface area contributed by atoms with Gasteiger partial charge in [-0.05, 0) is 104 Å². The molecule has 6 rings (SSSR count). The van der Waals surface area contributed by atoms with Gasteiger partial charge in [-0.3, -0.25) is 0 Å². The highest BCUT2D eigenvalue weighted by Crippen LogP contribution is 2.66. The quantitative estimate of drug-likeness (QED) is 0.555. The van der Waals surface area contributed by atoms with Crippen molar-refractivity contribution in [1.29, 1.82) is 0 Å². The second-order valence-corrected chi connectivity index (χ2v) is 11.4. The van der Waals surface area contributed by atoms with E-state index < -0.39 is 0 Å². The molecule has 3 nitrogen and oxygen atoms in total. The second kappa shape index (κ2) is 7.18. The Morgan fingerprint density at radius 2 is 1.72 bits per heavy atom. The van der Waals surface area contributed by atoms with E-state index in [1.807, 2.05) is 6.20 Å². The number of hydrogen-bond acceptors (Lipinski definition) is 2. The lowest BCUT2D eigenvalue weighted by atomic mass is 9.47. The molecule has 1 heterocycles. The molecule has 0 saturated heterocycles. The molecule has 0 bridgehead atoms. The van der Waals surface area contributed by atoms with Crippen molar-refractivity contribution in [2.24, 2.45) is 28.6 Å². The minimum atomic E-state index is -0.124. The monoisotopic (exact) mass is 428 g/mol. The maximum Gasteiger partial charge on any atom is 0.0703 e. The van der Waals surface area contributed by atoms with Crippen molar-refractivity contribution in [3.8, 4) is 5.69 Å². The first kappa shape index (κ1) is 20.5. The van der Waals surface area contributed by atoms with Gasteiger partial charge in [0.15, 0.2) is 0 Å². The van der Waals surface area contributed by atoms with E-state index in [4.69, 9.17) is 5.10 Å². The summed E-state index contributed by atoms with van der Waals surface area (Å²) in [6.45, 7) is 7.18. The molecule has 0 spiro atoms. The molecule has 0 radical (unpaired) electrons. The summed E-state index contributed by atoms with van der Waals surface area (Å²) < 4.78 is 2.15. The Hall–Kier alpha value is -2.13. The predicted octanol–water partition coefficient (Wildman–Crippen LogP) is 6.50. The Labute approximate surface area is 192 Å². The number of hydrogen-bond donors (Lipinski definition) is 1. The number of aliphatic hydroxyl groups is 1. The van der Waals surface area contributed by atoms with E-state index in [9.17, 15) is 5.11 Å². The first-order valence-corrected chi connectivity index (χ1v) is 12.6. The van der Waals surface area contributed by atoms with Crippen LogP contribution in [0.4, 0.5) is 0 Å². The van der Waals surface area contributed by atoms with Crippen molar-refractivity contribution >= 4 is 5.57 Å². The number of rotatable bonds is 2. The van der Waals surface area contributed by atoms with Gasteiger partial charge in [0.05, 0.1) is 23.7 Å². The third kappa shape index (κ3) is 2.86. The molecule has 3 heteroatoms. The number of benzene rings is 1. The van der Waals surface area contributed by atoms with Gasteiger partial charge in [-0.15, -0.1) is 0 Å². The van der Waals surface area contributed by atoms with Crippen LogP contribution in [0.25, 0.3) is 11.3 Å². The Morgan fingerprint density at radius 1 is 0.938 bits per heavy atom. The fourth-order valence-electron chi connectivity index (χ4n) is 8.01. The molecular formula is C29H36N2O. The highest BCUT2D eigenvalue weighted by atomic mass is 16.3. The highest BCUT2D eigenvalue weighted by Gasteiger charge is 2.57. The first-order chi connectivity index (χ1) is 15.4. The summed E-state index contributed by atoms with van der Waals surface area (Å²) in [5.41, 5.74) is 7.30. The second-order valence-electron chi connectivity index (χ2n) is 11.4. The summed E-state index contributed by atoms with van der Waals surface area (Å²) >= 11 is 0. The molecule has 1 N–H and O–H groups in total. The predicted molar refractivity (Wildman–Crippen MR) is 129 cm³/mol. The van der Waals surface area contributed by atoms with Crippen molar-refractivity contribution in [3.63, 3.8) is 0 Å². The molecule has 1 aromatic heterocycles. The molecule has 2 aromatic rings. The van der Waals surface area contributed by atoms with Crippen LogP contribution in [0.2, 0.25) is 0 Å². The van der Waals surface area contributed by atoms with Crippen LogP contribution in [-0.2, 0) is 0 Å². The molecule has 0 aliphatic heterocycles. The molecular weight excluding hydrogens is 392 g/mol. The van der Waals surface area contributed by atoms with Gasteiger partial charge in [0.2, 0.25) is 0 Å². The average Bonchev–Trinajstić information content (AvgIpc) is 3.38. The third-order valence-corrected chi connectivity index (χ3v) is 9.86. The number of nitrogens with zero attached hydrogens (tertiary/aromatic N) is 2. The summed E-state index contributed by atoms with van der Waals surface area (Å²) in [4.78, 5) is 0. The van der Waals surface area contributed by atoms with E-state index in [2.05, 4.69) is 67.9 Å². The van der Waals surface area contributed by atoms with Crippen molar-refractivity contribution < 1.29 is 5.11 Å². The van der Waals surface area contributed by atoms with Gasteiger partial charge in [0.1, 0.15) is 0 Å². The van der Waals surface area contributed by atoms with Crippen LogP contribution in [0.3, 0.4) is 0 Å². The van der Waals surface area contributed by atoms with Crippen LogP contribution < -0.4 is 0 Å². The standard InChI is InChI=1S/C29H36N2O/c1-19-4-7-21(8-5-19)31-27(14-17-30-31)26-11-10-24-23-9-6-20-18-22(32)12-15-28(20,2)25(23)13-16-29(24,26)3/h4-8,11,14,17,22-25,32H,9-10,12-13,15-16,18H2,1-3H3/t22-,23-,24-,25-,28-,29-/m0/s1. The van der Waals surface area contributed by atoms with Gasteiger partial charge < -0.3 is 5.11 Å². The maximum absolute atomic E-state index is 10.3. The molecule has 2 fully saturated rings. The van der Waals surface area contributed by atoms with Gasteiger partial charge >= 0.3 is 0 Å². The van der Waals surface area contributed by atoms with Crippen LogP contribution >= 0.6 is 0 Å². The lowest BCUT2D eigenvalue weighted by Crippen LogP contribution is -2.49. The molecule has 4 aliphatic carbocycles. The van der Waals surface area contributed by atoms with Crippen LogP contribution in [0, 0.1) is 35.5 Å². The van der Waals surface area contributed by atoms with Gasteiger partial charge in [-0.1, -0.05) is 49.3 Å². The molecule has 6 atom stereocenters. The molecule has 0 unspecified atom stereocenters. The summed E-state index contributed by atoms with van der Waals surface area (Å²) in [6.07, 6.45) is 14.9. The molecule has 32 heavy (non-hydrogen) atoms. The Bertz CT molecular complexity index is 1090. The number of aromatic nitrogens is 2. The van der Waals surface area contributed by atoms with Gasteiger partial charge in [0, 0.05) is 0 Å². The van der Waals surface area contributed by atoms with Crippen LogP contribution in [-0.4, -0.2) is 21.0 Å². The largest absolute Gasteiger partial charge is 0.393 e. The summed E-state index contributed by atoms with van der Waals surface area (Å²) in [5, 5.41) is 15.0. The SMILES string of the molecule is Cc1ccc(-n2nccc2C2=CC[C@H]3[C@@H]4CC=C5C[C@@H](O)CC[C@]5(C)[C@H]4CC[C@]23C)cc1. The summed E-state index contributed by atoms with van der Waals surface area (Å²) in [5.74, 6) is 2.23. The van der Waals surface area contributed by atoms with E-state index >= 15 is 0 Å². The number of aryl methyl sites for hydroxylation is 1. The van der Waals surface area contributed by atoms with Crippen molar-refractivity contribution in [3.05, 3.63) is 65.5 Å². The Morgan fingerprint density at radius 3 is 2.53 bits per heavy atom. The zero-order valence-corrected chi connectivity index (χ0v) is 19.7. The molecule has 2 saturated carbocycles. The van der Waals surface area contributed by atoms with Crippen molar-refractivity contribution in [1.82, 2.24) is 9.78 Å². The van der Waals surface area contributed by atoms with Crippen LogP contribution in [0.15, 0.2) is 54.3 Å². The van der Waals surface area contributed by atoms with E-state index in [0.29, 0.717) is 11.3 Å². The Balaban J connectivity index is 1.33. The molecule has 1 aromatic carbocycles. The summed E-state index contributed by atoms with van der Waals surface area (Å²) in [7, 11) is 0. The lowest BCUT2D eigenvalue weighted by Gasteiger charge is -2.57. The molecule has 168 valence electrons. The van der Waals surface area contributed by atoms with Gasteiger partial charge in [-0.2, -0.15) is 5.10 Å². The normalized spacial score (nSPS) is 38.4. The smallest absolute Gasteiger partial charge is 0.0703 e. The first-order valence-electron chi connectivity index (χ1n) is 12.6. The fourth-order valence-corrected chi connectivity index (χ4v) is 8.01.